The summed E-state index contributed by atoms with van der Waals surface area (Å²) < 4.78 is 46.7. The third-order valence-electron chi connectivity index (χ3n) is 2.49. The fraction of sp³-hybridized carbons (Fsp3) is 0.429. The predicted octanol–water partition coefficient (Wildman–Crippen LogP) is 2.10. The van der Waals surface area contributed by atoms with Crippen LogP contribution in [0.1, 0.15) is 13.8 Å². The van der Waals surface area contributed by atoms with Crippen LogP contribution in [0.3, 0.4) is 0 Å². The molecule has 9 heteroatoms. The number of alkyl halides is 3. The topological polar surface area (TPSA) is 76.7 Å². The highest BCUT2D eigenvalue weighted by Gasteiger charge is 2.38. The summed E-state index contributed by atoms with van der Waals surface area (Å²) >= 11 is 0. The van der Waals surface area contributed by atoms with E-state index >= 15 is 0 Å². The van der Waals surface area contributed by atoms with Gasteiger partial charge in [-0.15, -0.1) is 0 Å². The van der Waals surface area contributed by atoms with E-state index in [0.717, 1.165) is 0 Å². The Morgan fingerprint density at radius 1 is 1.09 bits per heavy atom. The average molecular weight is 334 g/mol. The Bertz CT molecular complexity index is 561. The maximum atomic E-state index is 12.0. The lowest BCUT2D eigenvalue weighted by Crippen LogP contribution is -2.41. The molecule has 0 aliphatic rings. The quantitative estimate of drug-likeness (QED) is 0.801. The second kappa shape index (κ2) is 8.25. The number of anilines is 1. The Morgan fingerprint density at radius 2 is 1.70 bits per heavy atom. The third kappa shape index (κ3) is 6.05. The fourth-order valence-electron chi connectivity index (χ4n) is 1.59. The van der Waals surface area contributed by atoms with Gasteiger partial charge in [-0.1, -0.05) is 0 Å². The van der Waals surface area contributed by atoms with Crippen molar-refractivity contribution in [3.63, 3.8) is 0 Å². The summed E-state index contributed by atoms with van der Waals surface area (Å²) in [4.78, 5) is 22.2. The summed E-state index contributed by atoms with van der Waals surface area (Å²) in [7, 11) is 0. The standard InChI is InChI=1S/C14H17F3N2O4/c1-3-22-10-6-5-9(7-11(10)23-4-2)19-12(20)8-18-13(21)14(15,16)17/h5-7H,3-4,8H2,1-2H3,(H,18,21)(H,19,20). The minimum atomic E-state index is -5.03. The number of ether oxygens (including phenoxy) is 2. The lowest BCUT2D eigenvalue weighted by atomic mass is 10.2. The van der Waals surface area contributed by atoms with E-state index < -0.39 is 24.5 Å². The molecule has 0 heterocycles. The molecule has 0 unspecified atom stereocenters. The van der Waals surface area contributed by atoms with Gasteiger partial charge in [0.05, 0.1) is 19.8 Å². The summed E-state index contributed by atoms with van der Waals surface area (Å²) in [5.41, 5.74) is 0.308. The molecule has 6 nitrogen and oxygen atoms in total. The second-order valence-electron chi connectivity index (χ2n) is 4.26. The summed E-state index contributed by atoms with van der Waals surface area (Å²) in [6, 6.07) is 4.56. The lowest BCUT2D eigenvalue weighted by Gasteiger charge is -2.13. The third-order valence-corrected chi connectivity index (χ3v) is 2.49. The van der Waals surface area contributed by atoms with Crippen LogP contribution in [-0.2, 0) is 9.59 Å². The molecule has 0 aromatic heterocycles. The van der Waals surface area contributed by atoms with Gasteiger partial charge in [-0.05, 0) is 26.0 Å². The molecule has 1 rings (SSSR count). The molecule has 0 fully saturated rings. The van der Waals surface area contributed by atoms with Crippen molar-refractivity contribution in [1.82, 2.24) is 5.32 Å². The molecule has 0 saturated heterocycles. The maximum Gasteiger partial charge on any atom is 0.471 e. The Hall–Kier alpha value is -2.45. The largest absolute Gasteiger partial charge is 0.490 e. The number of carbonyl (C=O) groups is 2. The van der Waals surface area contributed by atoms with Crippen LogP contribution in [0.25, 0.3) is 0 Å². The molecule has 0 bridgehead atoms. The summed E-state index contributed by atoms with van der Waals surface area (Å²) in [6.45, 7) is 3.58. The van der Waals surface area contributed by atoms with E-state index in [1.165, 1.54) is 17.4 Å². The molecule has 2 amide bonds. The number of hydrogen-bond acceptors (Lipinski definition) is 4. The lowest BCUT2D eigenvalue weighted by molar-refractivity contribution is -0.173. The zero-order chi connectivity index (χ0) is 17.5. The second-order valence-corrected chi connectivity index (χ2v) is 4.26. The Kier molecular flexibility index (Phi) is 6.67. The van der Waals surface area contributed by atoms with Crippen molar-refractivity contribution in [3.8, 4) is 11.5 Å². The first-order chi connectivity index (χ1) is 10.8. The number of nitrogens with one attached hydrogen (secondary N) is 2. The van der Waals surface area contributed by atoms with E-state index in [-0.39, 0.29) is 0 Å². The van der Waals surface area contributed by atoms with Crippen molar-refractivity contribution in [2.45, 2.75) is 20.0 Å². The smallest absolute Gasteiger partial charge is 0.471 e. The molecule has 23 heavy (non-hydrogen) atoms. The van der Waals surface area contributed by atoms with Crippen LogP contribution in [0.4, 0.5) is 18.9 Å². The zero-order valence-electron chi connectivity index (χ0n) is 12.6. The van der Waals surface area contributed by atoms with Crippen molar-refractivity contribution in [2.24, 2.45) is 0 Å². The van der Waals surface area contributed by atoms with Crippen molar-refractivity contribution in [2.75, 3.05) is 25.1 Å². The van der Waals surface area contributed by atoms with Crippen LogP contribution in [0.5, 0.6) is 11.5 Å². The van der Waals surface area contributed by atoms with Gasteiger partial charge in [0, 0.05) is 11.8 Å². The van der Waals surface area contributed by atoms with Crippen LogP contribution in [0, 0.1) is 0 Å². The van der Waals surface area contributed by atoms with E-state index in [4.69, 9.17) is 9.47 Å². The molecule has 1 aromatic rings. The van der Waals surface area contributed by atoms with Gasteiger partial charge < -0.3 is 20.1 Å². The molecule has 128 valence electrons. The van der Waals surface area contributed by atoms with E-state index in [0.29, 0.717) is 30.4 Å². The molecular formula is C14H17F3N2O4. The molecule has 0 saturated carbocycles. The van der Waals surface area contributed by atoms with Gasteiger partial charge in [-0.3, -0.25) is 9.59 Å². The van der Waals surface area contributed by atoms with E-state index in [2.05, 4.69) is 5.32 Å². The number of hydrogen-bond donors (Lipinski definition) is 2. The Balaban J connectivity index is 2.67. The molecular weight excluding hydrogens is 317 g/mol. The highest BCUT2D eigenvalue weighted by Crippen LogP contribution is 2.30. The van der Waals surface area contributed by atoms with Crippen molar-refractivity contribution >= 4 is 17.5 Å². The number of carbonyl (C=O) groups excluding carboxylic acids is 2. The van der Waals surface area contributed by atoms with E-state index in [1.54, 1.807) is 19.9 Å². The van der Waals surface area contributed by atoms with Gasteiger partial charge in [-0.25, -0.2) is 0 Å². The van der Waals surface area contributed by atoms with Crippen LogP contribution in [0.15, 0.2) is 18.2 Å². The number of amides is 2. The first kappa shape index (κ1) is 18.6. The van der Waals surface area contributed by atoms with E-state index in [9.17, 15) is 22.8 Å². The van der Waals surface area contributed by atoms with Crippen molar-refractivity contribution < 1.29 is 32.2 Å². The minimum absolute atomic E-state index is 0.308. The Labute approximate surface area is 130 Å². The first-order valence-electron chi connectivity index (χ1n) is 6.82. The Morgan fingerprint density at radius 3 is 2.26 bits per heavy atom. The first-order valence-corrected chi connectivity index (χ1v) is 6.82. The maximum absolute atomic E-state index is 12.0. The average Bonchev–Trinajstić information content (AvgIpc) is 2.47. The fourth-order valence-corrected chi connectivity index (χ4v) is 1.59. The molecule has 0 aliphatic carbocycles. The van der Waals surface area contributed by atoms with Crippen LogP contribution >= 0.6 is 0 Å². The highest BCUT2D eigenvalue weighted by molar-refractivity contribution is 5.95. The van der Waals surface area contributed by atoms with Gasteiger partial charge in [0.2, 0.25) is 5.91 Å². The minimum Gasteiger partial charge on any atom is -0.490 e. The van der Waals surface area contributed by atoms with Gasteiger partial charge >= 0.3 is 12.1 Å². The summed E-state index contributed by atoms with van der Waals surface area (Å²) in [6.07, 6.45) is -5.03. The number of halogens is 3. The predicted molar refractivity (Wildman–Crippen MR) is 76.5 cm³/mol. The molecule has 0 aliphatic heterocycles. The molecule has 0 spiro atoms. The highest BCUT2D eigenvalue weighted by atomic mass is 19.4. The van der Waals surface area contributed by atoms with Gasteiger partial charge in [0.25, 0.3) is 0 Å². The monoisotopic (exact) mass is 334 g/mol. The number of benzene rings is 1. The van der Waals surface area contributed by atoms with Crippen LogP contribution in [0.2, 0.25) is 0 Å². The van der Waals surface area contributed by atoms with Crippen LogP contribution < -0.4 is 20.1 Å². The zero-order valence-corrected chi connectivity index (χ0v) is 12.6. The van der Waals surface area contributed by atoms with Gasteiger partial charge in [0.1, 0.15) is 0 Å². The van der Waals surface area contributed by atoms with Crippen molar-refractivity contribution in [1.29, 1.82) is 0 Å². The molecule has 0 radical (unpaired) electrons. The molecule has 1 aromatic carbocycles. The van der Waals surface area contributed by atoms with Crippen LogP contribution in [-0.4, -0.2) is 37.7 Å². The van der Waals surface area contributed by atoms with Crippen molar-refractivity contribution in [3.05, 3.63) is 18.2 Å². The van der Waals surface area contributed by atoms with E-state index in [1.807, 2.05) is 0 Å². The summed E-state index contributed by atoms with van der Waals surface area (Å²) in [5, 5.41) is 3.84. The van der Waals surface area contributed by atoms with Gasteiger partial charge in [-0.2, -0.15) is 13.2 Å². The number of rotatable bonds is 7. The SMILES string of the molecule is CCOc1ccc(NC(=O)CNC(=O)C(F)(F)F)cc1OCC. The summed E-state index contributed by atoms with van der Waals surface area (Å²) in [5.74, 6) is -2.09. The normalized spacial score (nSPS) is 10.8. The molecule has 0 atom stereocenters. The van der Waals surface area contributed by atoms with Gasteiger partial charge in [0.15, 0.2) is 11.5 Å². The molecule has 2 N–H and O–H groups in total.